The summed E-state index contributed by atoms with van der Waals surface area (Å²) in [5, 5.41) is 7.66. The molecule has 1 heterocycles. The van der Waals surface area contributed by atoms with Gasteiger partial charge in [0.25, 0.3) is 0 Å². The second kappa shape index (κ2) is 5.00. The maximum absolute atomic E-state index is 12.6. The highest BCUT2D eigenvalue weighted by Gasteiger charge is 2.30. The van der Waals surface area contributed by atoms with Crippen molar-refractivity contribution in [3.05, 3.63) is 41.7 Å². The monoisotopic (exact) mass is 270 g/mol. The van der Waals surface area contributed by atoms with Crippen LogP contribution < -0.4 is 5.73 Å². The number of aromatic nitrogens is 3. The van der Waals surface area contributed by atoms with Crippen LogP contribution in [0.3, 0.4) is 0 Å². The Bertz CT molecular complexity index is 562. The van der Waals surface area contributed by atoms with Crippen molar-refractivity contribution in [1.82, 2.24) is 15.0 Å². The standard InChI is InChI=1S/C12H13F3N4/c1-2-10(16)11-7-19(18-17-11)9-5-3-4-8(6-9)12(13,14)15/h3-7,10H,2,16H2,1H3. The summed E-state index contributed by atoms with van der Waals surface area (Å²) < 4.78 is 39.1. The lowest BCUT2D eigenvalue weighted by Crippen LogP contribution is -2.08. The van der Waals surface area contributed by atoms with Gasteiger partial charge in [-0.3, -0.25) is 0 Å². The van der Waals surface area contributed by atoms with E-state index in [4.69, 9.17) is 5.73 Å². The Labute approximate surface area is 108 Å². The number of nitrogens with two attached hydrogens (primary N) is 1. The van der Waals surface area contributed by atoms with Gasteiger partial charge < -0.3 is 5.73 Å². The van der Waals surface area contributed by atoms with E-state index in [1.54, 1.807) is 6.20 Å². The van der Waals surface area contributed by atoms with Crippen molar-refractivity contribution < 1.29 is 13.2 Å². The zero-order valence-electron chi connectivity index (χ0n) is 10.2. The molecule has 1 atom stereocenters. The van der Waals surface area contributed by atoms with E-state index < -0.39 is 11.7 Å². The predicted octanol–water partition coefficient (Wildman–Crippen LogP) is 2.70. The summed E-state index contributed by atoms with van der Waals surface area (Å²) in [5.74, 6) is 0. The van der Waals surface area contributed by atoms with Gasteiger partial charge in [0.15, 0.2) is 0 Å². The molecule has 1 aromatic carbocycles. The van der Waals surface area contributed by atoms with Crippen molar-refractivity contribution in [1.29, 1.82) is 0 Å². The summed E-state index contributed by atoms with van der Waals surface area (Å²) in [6.45, 7) is 1.90. The normalized spacial score (nSPS) is 13.5. The zero-order chi connectivity index (χ0) is 14.0. The first-order valence-corrected chi connectivity index (χ1v) is 5.77. The first kappa shape index (κ1) is 13.5. The SMILES string of the molecule is CCC(N)c1cn(-c2cccc(C(F)(F)F)c2)nn1. The van der Waals surface area contributed by atoms with Crippen LogP contribution in [0.2, 0.25) is 0 Å². The Morgan fingerprint density at radius 3 is 2.74 bits per heavy atom. The molecule has 2 aromatic rings. The highest BCUT2D eigenvalue weighted by molar-refractivity contribution is 5.36. The van der Waals surface area contributed by atoms with E-state index in [0.717, 1.165) is 12.1 Å². The van der Waals surface area contributed by atoms with Gasteiger partial charge in [0.05, 0.1) is 29.2 Å². The molecule has 4 nitrogen and oxygen atoms in total. The molecule has 7 heteroatoms. The molecular formula is C12H13F3N4. The van der Waals surface area contributed by atoms with Crippen LogP contribution in [-0.2, 0) is 6.18 Å². The van der Waals surface area contributed by atoms with Crippen molar-refractivity contribution in [2.24, 2.45) is 5.73 Å². The molecule has 0 aliphatic carbocycles. The Morgan fingerprint density at radius 1 is 1.37 bits per heavy atom. The maximum Gasteiger partial charge on any atom is 0.416 e. The number of hydrogen-bond acceptors (Lipinski definition) is 3. The highest BCUT2D eigenvalue weighted by Crippen LogP contribution is 2.30. The molecule has 1 unspecified atom stereocenters. The minimum atomic E-state index is -4.38. The lowest BCUT2D eigenvalue weighted by Gasteiger charge is -2.08. The number of alkyl halides is 3. The average Bonchev–Trinajstić information content (AvgIpc) is 2.86. The third kappa shape index (κ3) is 2.93. The molecule has 2 rings (SSSR count). The predicted molar refractivity (Wildman–Crippen MR) is 63.6 cm³/mol. The van der Waals surface area contributed by atoms with Crippen molar-refractivity contribution >= 4 is 0 Å². The van der Waals surface area contributed by atoms with Crippen LogP contribution in [0.4, 0.5) is 13.2 Å². The zero-order valence-corrected chi connectivity index (χ0v) is 10.2. The lowest BCUT2D eigenvalue weighted by atomic mass is 10.2. The van der Waals surface area contributed by atoms with Gasteiger partial charge in [-0.1, -0.05) is 18.2 Å². The molecule has 0 aliphatic rings. The fourth-order valence-electron chi connectivity index (χ4n) is 1.61. The van der Waals surface area contributed by atoms with Crippen LogP contribution in [-0.4, -0.2) is 15.0 Å². The van der Waals surface area contributed by atoms with E-state index in [0.29, 0.717) is 17.8 Å². The van der Waals surface area contributed by atoms with E-state index in [1.165, 1.54) is 16.8 Å². The van der Waals surface area contributed by atoms with Crippen molar-refractivity contribution in [2.45, 2.75) is 25.6 Å². The Hall–Kier alpha value is -1.89. The molecule has 0 bridgehead atoms. The molecule has 2 N–H and O–H groups in total. The Kier molecular flexibility index (Phi) is 3.57. The smallest absolute Gasteiger partial charge is 0.323 e. The van der Waals surface area contributed by atoms with E-state index in [2.05, 4.69) is 10.3 Å². The molecule has 1 aromatic heterocycles. The number of halogens is 3. The van der Waals surface area contributed by atoms with Gasteiger partial charge >= 0.3 is 6.18 Å². The molecule has 0 saturated carbocycles. The Balaban J connectivity index is 2.34. The summed E-state index contributed by atoms with van der Waals surface area (Å²) in [6.07, 6.45) is -2.15. The van der Waals surface area contributed by atoms with Gasteiger partial charge in [0, 0.05) is 0 Å². The van der Waals surface area contributed by atoms with Crippen molar-refractivity contribution in [3.8, 4) is 5.69 Å². The number of rotatable bonds is 3. The fourth-order valence-corrected chi connectivity index (χ4v) is 1.61. The van der Waals surface area contributed by atoms with Crippen LogP contribution >= 0.6 is 0 Å². The molecule has 102 valence electrons. The highest BCUT2D eigenvalue weighted by atomic mass is 19.4. The lowest BCUT2D eigenvalue weighted by molar-refractivity contribution is -0.137. The molecule has 0 aliphatic heterocycles. The molecule has 0 saturated heterocycles. The molecule has 0 amide bonds. The average molecular weight is 270 g/mol. The van der Waals surface area contributed by atoms with Crippen molar-refractivity contribution in [3.63, 3.8) is 0 Å². The summed E-state index contributed by atoms with van der Waals surface area (Å²) in [4.78, 5) is 0. The van der Waals surface area contributed by atoms with Crippen LogP contribution in [0.15, 0.2) is 30.5 Å². The molecule has 0 spiro atoms. The fraction of sp³-hybridized carbons (Fsp3) is 0.333. The van der Waals surface area contributed by atoms with Gasteiger partial charge in [-0.25, -0.2) is 4.68 Å². The van der Waals surface area contributed by atoms with Gasteiger partial charge in [-0.15, -0.1) is 5.10 Å². The van der Waals surface area contributed by atoms with Crippen LogP contribution in [0.5, 0.6) is 0 Å². The number of nitrogens with zero attached hydrogens (tertiary/aromatic N) is 3. The summed E-state index contributed by atoms with van der Waals surface area (Å²) >= 11 is 0. The topological polar surface area (TPSA) is 56.7 Å². The van der Waals surface area contributed by atoms with Gasteiger partial charge in [-0.05, 0) is 24.6 Å². The van der Waals surface area contributed by atoms with Gasteiger partial charge in [0.2, 0.25) is 0 Å². The van der Waals surface area contributed by atoms with Crippen LogP contribution in [0.25, 0.3) is 5.69 Å². The second-order valence-corrected chi connectivity index (χ2v) is 4.15. The molecule has 0 fully saturated rings. The molecule has 19 heavy (non-hydrogen) atoms. The number of benzene rings is 1. The molecular weight excluding hydrogens is 257 g/mol. The van der Waals surface area contributed by atoms with Gasteiger partial charge in [0.1, 0.15) is 0 Å². The van der Waals surface area contributed by atoms with Gasteiger partial charge in [-0.2, -0.15) is 13.2 Å². The minimum Gasteiger partial charge on any atom is -0.323 e. The Morgan fingerprint density at radius 2 is 2.11 bits per heavy atom. The third-order valence-corrected chi connectivity index (χ3v) is 2.77. The van der Waals surface area contributed by atoms with Crippen LogP contribution in [0, 0.1) is 0 Å². The van der Waals surface area contributed by atoms with E-state index in [1.807, 2.05) is 6.92 Å². The summed E-state index contributed by atoms with van der Waals surface area (Å²) in [7, 11) is 0. The first-order chi connectivity index (χ1) is 8.91. The largest absolute Gasteiger partial charge is 0.416 e. The third-order valence-electron chi connectivity index (χ3n) is 2.77. The van der Waals surface area contributed by atoms with E-state index in [-0.39, 0.29) is 6.04 Å². The number of hydrogen-bond donors (Lipinski definition) is 1. The molecule has 0 radical (unpaired) electrons. The minimum absolute atomic E-state index is 0.264. The quantitative estimate of drug-likeness (QED) is 0.932. The van der Waals surface area contributed by atoms with Crippen molar-refractivity contribution in [2.75, 3.05) is 0 Å². The first-order valence-electron chi connectivity index (χ1n) is 5.77. The summed E-state index contributed by atoms with van der Waals surface area (Å²) in [6, 6.07) is 4.64. The van der Waals surface area contributed by atoms with Crippen LogP contribution in [0.1, 0.15) is 30.6 Å². The summed E-state index contributed by atoms with van der Waals surface area (Å²) in [5.41, 5.74) is 5.93. The second-order valence-electron chi connectivity index (χ2n) is 4.15. The van der Waals surface area contributed by atoms with E-state index >= 15 is 0 Å². The maximum atomic E-state index is 12.6. The van der Waals surface area contributed by atoms with E-state index in [9.17, 15) is 13.2 Å².